The van der Waals surface area contributed by atoms with Crippen molar-refractivity contribution >= 4 is 10.0 Å². The summed E-state index contributed by atoms with van der Waals surface area (Å²) < 4.78 is 28.1. The zero-order valence-electron chi connectivity index (χ0n) is 11.9. The minimum Gasteiger partial charge on any atom is -0.317 e. The Morgan fingerprint density at radius 3 is 2.79 bits per heavy atom. The van der Waals surface area contributed by atoms with E-state index in [4.69, 9.17) is 0 Å². The Morgan fingerprint density at radius 2 is 2.16 bits per heavy atom. The van der Waals surface area contributed by atoms with Crippen molar-refractivity contribution in [1.82, 2.24) is 19.8 Å². The molecule has 0 saturated carbocycles. The molecule has 0 saturated heterocycles. The van der Waals surface area contributed by atoms with Crippen molar-refractivity contribution in [2.45, 2.75) is 38.6 Å². The number of hydrogen-bond acceptors (Lipinski definition) is 4. The third kappa shape index (κ3) is 5.71. The molecule has 0 radical (unpaired) electrons. The number of nitrogens with one attached hydrogen (secondary N) is 2. The van der Waals surface area contributed by atoms with Gasteiger partial charge in [-0.1, -0.05) is 20.8 Å². The van der Waals surface area contributed by atoms with E-state index in [1.54, 1.807) is 10.9 Å². The second-order valence-corrected chi connectivity index (χ2v) is 6.66. The van der Waals surface area contributed by atoms with E-state index < -0.39 is 10.0 Å². The molecular weight excluding hydrogens is 264 g/mol. The van der Waals surface area contributed by atoms with Gasteiger partial charge in [0.2, 0.25) is 10.0 Å². The van der Waals surface area contributed by atoms with Crippen molar-refractivity contribution in [3.63, 3.8) is 0 Å². The third-order valence-corrected chi connectivity index (χ3v) is 3.97. The van der Waals surface area contributed by atoms with Gasteiger partial charge in [-0.25, -0.2) is 13.1 Å². The lowest BCUT2D eigenvalue weighted by Gasteiger charge is -2.06. The summed E-state index contributed by atoms with van der Waals surface area (Å²) in [5.41, 5.74) is 0. The van der Waals surface area contributed by atoms with Crippen LogP contribution in [0.5, 0.6) is 0 Å². The summed E-state index contributed by atoms with van der Waals surface area (Å²) in [4.78, 5) is 0.233. The molecule has 1 rings (SSSR count). The summed E-state index contributed by atoms with van der Waals surface area (Å²) in [5, 5.41) is 7.29. The van der Waals surface area contributed by atoms with E-state index in [-0.39, 0.29) is 10.8 Å². The van der Waals surface area contributed by atoms with Crippen molar-refractivity contribution < 1.29 is 8.42 Å². The van der Waals surface area contributed by atoms with Gasteiger partial charge in [-0.3, -0.25) is 4.68 Å². The van der Waals surface area contributed by atoms with Crippen LogP contribution >= 0.6 is 0 Å². The maximum Gasteiger partial charge on any atom is 0.243 e. The number of aromatic nitrogens is 2. The lowest BCUT2D eigenvalue weighted by molar-refractivity contribution is 0.547. The summed E-state index contributed by atoms with van der Waals surface area (Å²) in [7, 11) is -3.42. The van der Waals surface area contributed by atoms with Gasteiger partial charge in [0.15, 0.2) is 0 Å². The van der Waals surface area contributed by atoms with E-state index in [0.29, 0.717) is 13.1 Å². The zero-order chi connectivity index (χ0) is 14.3. The molecule has 110 valence electrons. The number of sulfonamides is 1. The van der Waals surface area contributed by atoms with E-state index in [1.165, 1.54) is 6.20 Å². The number of hydrogen-bond donors (Lipinski definition) is 2. The smallest absolute Gasteiger partial charge is 0.243 e. The van der Waals surface area contributed by atoms with Gasteiger partial charge in [0.1, 0.15) is 4.90 Å². The van der Waals surface area contributed by atoms with Crippen LogP contribution in [-0.4, -0.2) is 37.8 Å². The Kier molecular flexibility index (Phi) is 6.47. The van der Waals surface area contributed by atoms with Crippen molar-refractivity contribution in [2.75, 3.05) is 19.6 Å². The van der Waals surface area contributed by atoms with Crippen LogP contribution in [0.25, 0.3) is 0 Å². The van der Waals surface area contributed by atoms with Gasteiger partial charge in [0.25, 0.3) is 0 Å². The quantitative estimate of drug-likeness (QED) is 0.660. The van der Waals surface area contributed by atoms with Crippen LogP contribution in [0, 0.1) is 5.92 Å². The first-order valence-corrected chi connectivity index (χ1v) is 8.17. The largest absolute Gasteiger partial charge is 0.317 e. The molecule has 7 heteroatoms. The van der Waals surface area contributed by atoms with Crippen LogP contribution in [0.3, 0.4) is 0 Å². The predicted octanol–water partition coefficient (Wildman–Crippen LogP) is 0.817. The van der Waals surface area contributed by atoms with E-state index in [2.05, 4.69) is 22.1 Å². The highest BCUT2D eigenvalue weighted by Crippen LogP contribution is 2.07. The van der Waals surface area contributed by atoms with Crippen molar-refractivity contribution in [2.24, 2.45) is 5.92 Å². The molecule has 0 bridgehead atoms. The first-order chi connectivity index (χ1) is 8.95. The van der Waals surface area contributed by atoms with E-state index in [9.17, 15) is 8.42 Å². The maximum absolute atomic E-state index is 11.9. The van der Waals surface area contributed by atoms with Gasteiger partial charge in [0, 0.05) is 19.3 Å². The van der Waals surface area contributed by atoms with Gasteiger partial charge in [-0.2, -0.15) is 5.10 Å². The number of rotatable bonds is 9. The first kappa shape index (κ1) is 16.1. The highest BCUT2D eigenvalue weighted by molar-refractivity contribution is 7.89. The number of nitrogens with zero attached hydrogens (tertiary/aromatic N) is 2. The first-order valence-electron chi connectivity index (χ1n) is 6.68. The summed E-state index contributed by atoms with van der Waals surface area (Å²) in [6, 6.07) is 0. The van der Waals surface area contributed by atoms with Crippen LogP contribution < -0.4 is 10.0 Å². The van der Waals surface area contributed by atoms with Gasteiger partial charge in [-0.05, 0) is 25.4 Å². The van der Waals surface area contributed by atoms with Gasteiger partial charge < -0.3 is 5.32 Å². The van der Waals surface area contributed by atoms with Crippen LogP contribution in [0.4, 0.5) is 0 Å². The second-order valence-electron chi connectivity index (χ2n) is 4.89. The molecule has 0 amide bonds. The molecule has 0 atom stereocenters. The van der Waals surface area contributed by atoms with Gasteiger partial charge in [-0.15, -0.1) is 0 Å². The summed E-state index contributed by atoms with van der Waals surface area (Å²) in [6.45, 7) is 8.99. The fourth-order valence-corrected chi connectivity index (χ4v) is 2.67. The van der Waals surface area contributed by atoms with Crippen molar-refractivity contribution in [1.29, 1.82) is 0 Å². The fourth-order valence-electron chi connectivity index (χ4n) is 1.51. The highest BCUT2D eigenvalue weighted by Gasteiger charge is 2.16. The number of aryl methyl sites for hydroxylation is 1. The molecule has 0 aliphatic carbocycles. The molecule has 0 aromatic carbocycles. The lowest BCUT2D eigenvalue weighted by atomic mass is 10.2. The normalized spacial score (nSPS) is 12.2. The molecule has 2 N–H and O–H groups in total. The molecule has 0 unspecified atom stereocenters. The Morgan fingerprint density at radius 1 is 1.42 bits per heavy atom. The molecule has 1 heterocycles. The molecule has 0 aliphatic heterocycles. The minimum atomic E-state index is -3.42. The van der Waals surface area contributed by atoms with Gasteiger partial charge >= 0.3 is 0 Å². The minimum absolute atomic E-state index is 0.233. The molecule has 0 spiro atoms. The predicted molar refractivity (Wildman–Crippen MR) is 75.4 cm³/mol. The molecule has 1 aromatic rings. The molecule has 1 aromatic heterocycles. The Hall–Kier alpha value is -0.920. The topological polar surface area (TPSA) is 76.0 Å². The monoisotopic (exact) mass is 288 g/mol. The molecule has 6 nitrogen and oxygen atoms in total. The standard InChI is InChI=1S/C12H24N4O2S/c1-4-13-6-5-7-16-10-12(9-14-16)19(17,18)15-8-11(2)3/h9-11,13,15H,4-8H2,1-3H3. The van der Waals surface area contributed by atoms with E-state index in [1.807, 2.05) is 13.8 Å². The second kappa shape index (κ2) is 7.62. The van der Waals surface area contributed by atoms with Crippen LogP contribution in [-0.2, 0) is 16.6 Å². The Balaban J connectivity index is 2.53. The molecule has 0 fully saturated rings. The van der Waals surface area contributed by atoms with E-state index in [0.717, 1.165) is 19.5 Å². The summed E-state index contributed by atoms with van der Waals surface area (Å²) >= 11 is 0. The highest BCUT2D eigenvalue weighted by atomic mass is 32.2. The maximum atomic E-state index is 11.9. The van der Waals surface area contributed by atoms with Gasteiger partial charge in [0.05, 0.1) is 6.20 Å². The molecule has 0 aliphatic rings. The fraction of sp³-hybridized carbons (Fsp3) is 0.750. The summed E-state index contributed by atoms with van der Waals surface area (Å²) in [6.07, 6.45) is 3.90. The summed E-state index contributed by atoms with van der Waals surface area (Å²) in [5.74, 6) is 0.282. The SMILES string of the molecule is CCNCCCn1cc(S(=O)(=O)NCC(C)C)cn1. The lowest BCUT2D eigenvalue weighted by Crippen LogP contribution is -2.27. The van der Waals surface area contributed by atoms with E-state index >= 15 is 0 Å². The average Bonchev–Trinajstić information content (AvgIpc) is 2.82. The van der Waals surface area contributed by atoms with Crippen LogP contribution in [0.1, 0.15) is 27.2 Å². The Labute approximate surface area is 115 Å². The van der Waals surface area contributed by atoms with Crippen LogP contribution in [0.15, 0.2) is 17.3 Å². The van der Waals surface area contributed by atoms with Crippen molar-refractivity contribution in [3.05, 3.63) is 12.4 Å². The third-order valence-electron chi connectivity index (χ3n) is 2.59. The van der Waals surface area contributed by atoms with Crippen LogP contribution in [0.2, 0.25) is 0 Å². The Bertz CT molecular complexity index is 468. The van der Waals surface area contributed by atoms with Crippen molar-refractivity contribution in [3.8, 4) is 0 Å². The molecule has 19 heavy (non-hydrogen) atoms. The molecular formula is C12H24N4O2S. The zero-order valence-corrected chi connectivity index (χ0v) is 12.7. The average molecular weight is 288 g/mol.